The summed E-state index contributed by atoms with van der Waals surface area (Å²) in [5.41, 5.74) is 1.33. The van der Waals surface area contributed by atoms with Gasteiger partial charge in [0.25, 0.3) is 0 Å². The number of fused-ring (bicyclic) bond motifs is 1. The van der Waals surface area contributed by atoms with Crippen LogP contribution in [0.1, 0.15) is 18.4 Å². The van der Waals surface area contributed by atoms with Crippen molar-refractivity contribution in [1.29, 1.82) is 0 Å². The van der Waals surface area contributed by atoms with Crippen LogP contribution in [0.25, 0.3) is 0 Å². The van der Waals surface area contributed by atoms with E-state index in [1.54, 1.807) is 0 Å². The van der Waals surface area contributed by atoms with Gasteiger partial charge in [-0.05, 0) is 30.5 Å². The molecule has 0 unspecified atom stereocenters. The van der Waals surface area contributed by atoms with E-state index >= 15 is 0 Å². The van der Waals surface area contributed by atoms with Crippen LogP contribution >= 0.6 is 0 Å². The van der Waals surface area contributed by atoms with E-state index in [0.29, 0.717) is 24.9 Å². The SMILES string of the molecule is C=CC(=O)NCCC(=O)N1C[C@@H]2CCN(Cc3ccccc3)[C@@H]2C1. The number of carbonyl (C=O) groups is 2. The fraction of sp³-hybridized carbons (Fsp3) is 0.474. The number of benzene rings is 1. The molecule has 2 aliphatic heterocycles. The van der Waals surface area contributed by atoms with E-state index in [0.717, 1.165) is 32.6 Å². The van der Waals surface area contributed by atoms with Gasteiger partial charge in [0.2, 0.25) is 11.8 Å². The molecule has 1 aromatic rings. The zero-order valence-electron chi connectivity index (χ0n) is 14.0. The van der Waals surface area contributed by atoms with E-state index in [4.69, 9.17) is 0 Å². The number of hydrogen-bond donors (Lipinski definition) is 1. The highest BCUT2D eigenvalue weighted by Crippen LogP contribution is 2.32. The summed E-state index contributed by atoms with van der Waals surface area (Å²) in [5, 5.41) is 2.66. The monoisotopic (exact) mass is 327 g/mol. The lowest BCUT2D eigenvalue weighted by Crippen LogP contribution is -2.37. The van der Waals surface area contributed by atoms with Gasteiger partial charge >= 0.3 is 0 Å². The van der Waals surface area contributed by atoms with Crippen molar-refractivity contribution >= 4 is 11.8 Å². The molecule has 2 amide bonds. The third-order valence-corrected chi connectivity index (χ3v) is 5.07. The van der Waals surface area contributed by atoms with Crippen molar-refractivity contribution in [2.75, 3.05) is 26.2 Å². The normalized spacial score (nSPS) is 23.1. The molecule has 5 heteroatoms. The van der Waals surface area contributed by atoms with Crippen LogP contribution in [0.15, 0.2) is 43.0 Å². The lowest BCUT2D eigenvalue weighted by molar-refractivity contribution is -0.130. The average molecular weight is 327 g/mol. The van der Waals surface area contributed by atoms with Gasteiger partial charge in [-0.25, -0.2) is 0 Å². The molecule has 2 atom stereocenters. The van der Waals surface area contributed by atoms with E-state index < -0.39 is 0 Å². The Balaban J connectivity index is 1.50. The van der Waals surface area contributed by atoms with Crippen LogP contribution in [-0.2, 0) is 16.1 Å². The maximum atomic E-state index is 12.3. The topological polar surface area (TPSA) is 52.7 Å². The van der Waals surface area contributed by atoms with Crippen LogP contribution in [0.2, 0.25) is 0 Å². The number of carbonyl (C=O) groups excluding carboxylic acids is 2. The first-order valence-corrected chi connectivity index (χ1v) is 8.63. The van der Waals surface area contributed by atoms with Crippen molar-refractivity contribution in [2.45, 2.75) is 25.4 Å². The van der Waals surface area contributed by atoms with Crippen molar-refractivity contribution in [3.8, 4) is 0 Å². The second kappa shape index (κ2) is 7.62. The zero-order chi connectivity index (χ0) is 16.9. The molecule has 0 aliphatic carbocycles. The molecule has 0 spiro atoms. The minimum absolute atomic E-state index is 0.133. The van der Waals surface area contributed by atoms with Gasteiger partial charge in [0, 0.05) is 38.6 Å². The van der Waals surface area contributed by atoms with Gasteiger partial charge in [-0.1, -0.05) is 36.9 Å². The summed E-state index contributed by atoms with van der Waals surface area (Å²) in [4.78, 5) is 27.9. The zero-order valence-corrected chi connectivity index (χ0v) is 14.0. The Hall–Kier alpha value is -2.14. The summed E-state index contributed by atoms with van der Waals surface area (Å²) >= 11 is 0. The van der Waals surface area contributed by atoms with Gasteiger partial charge in [0.15, 0.2) is 0 Å². The predicted octanol–water partition coefficient (Wildman–Crippen LogP) is 1.41. The van der Waals surface area contributed by atoms with Gasteiger partial charge in [0.05, 0.1) is 0 Å². The van der Waals surface area contributed by atoms with Crippen molar-refractivity contribution in [1.82, 2.24) is 15.1 Å². The highest BCUT2D eigenvalue weighted by molar-refractivity contribution is 5.87. The molecule has 0 bridgehead atoms. The Kier molecular flexibility index (Phi) is 5.30. The van der Waals surface area contributed by atoms with Crippen molar-refractivity contribution in [3.63, 3.8) is 0 Å². The molecule has 1 aromatic carbocycles. The number of rotatable bonds is 6. The second-order valence-corrected chi connectivity index (χ2v) is 6.62. The van der Waals surface area contributed by atoms with Crippen LogP contribution in [0, 0.1) is 5.92 Å². The van der Waals surface area contributed by atoms with Gasteiger partial charge in [-0.2, -0.15) is 0 Å². The van der Waals surface area contributed by atoms with Crippen LogP contribution in [0.5, 0.6) is 0 Å². The molecule has 2 heterocycles. The Morgan fingerprint density at radius 1 is 1.25 bits per heavy atom. The molecule has 1 N–H and O–H groups in total. The first-order chi connectivity index (χ1) is 11.7. The smallest absolute Gasteiger partial charge is 0.243 e. The third kappa shape index (κ3) is 3.85. The highest BCUT2D eigenvalue weighted by atomic mass is 16.2. The third-order valence-electron chi connectivity index (χ3n) is 5.07. The van der Waals surface area contributed by atoms with Crippen LogP contribution in [-0.4, -0.2) is 53.8 Å². The van der Waals surface area contributed by atoms with Gasteiger partial charge < -0.3 is 10.2 Å². The summed E-state index contributed by atoms with van der Waals surface area (Å²) in [5.74, 6) is 0.490. The standard InChI is InChI=1S/C19H25N3O2/c1-2-18(23)20-10-8-19(24)22-13-16-9-11-21(17(16)14-22)12-15-6-4-3-5-7-15/h2-7,16-17H,1,8-14H2,(H,20,23)/t16-,17+/m0/s1. The van der Waals surface area contributed by atoms with Gasteiger partial charge in [-0.15, -0.1) is 0 Å². The van der Waals surface area contributed by atoms with Crippen molar-refractivity contribution < 1.29 is 9.59 Å². The van der Waals surface area contributed by atoms with Gasteiger partial charge in [0.1, 0.15) is 0 Å². The molecule has 5 nitrogen and oxygen atoms in total. The van der Waals surface area contributed by atoms with E-state index in [1.165, 1.54) is 11.6 Å². The molecule has 0 saturated carbocycles. The largest absolute Gasteiger partial charge is 0.352 e. The van der Waals surface area contributed by atoms with E-state index in [9.17, 15) is 9.59 Å². The highest BCUT2D eigenvalue weighted by Gasteiger charge is 2.42. The Bertz CT molecular complexity index is 602. The molecule has 128 valence electrons. The summed E-state index contributed by atoms with van der Waals surface area (Å²) in [7, 11) is 0. The minimum atomic E-state index is -0.227. The fourth-order valence-corrected chi connectivity index (χ4v) is 3.79. The molecule has 2 aliphatic rings. The maximum Gasteiger partial charge on any atom is 0.243 e. The second-order valence-electron chi connectivity index (χ2n) is 6.62. The molecular weight excluding hydrogens is 302 g/mol. The van der Waals surface area contributed by atoms with E-state index in [-0.39, 0.29) is 11.8 Å². The number of amides is 2. The molecule has 2 saturated heterocycles. The average Bonchev–Trinajstić information content (AvgIpc) is 3.17. The predicted molar refractivity (Wildman–Crippen MR) is 93.2 cm³/mol. The minimum Gasteiger partial charge on any atom is -0.352 e. The quantitative estimate of drug-likeness (QED) is 0.804. The fourth-order valence-electron chi connectivity index (χ4n) is 3.79. The first-order valence-electron chi connectivity index (χ1n) is 8.63. The van der Waals surface area contributed by atoms with Crippen LogP contribution in [0.4, 0.5) is 0 Å². The number of likely N-dealkylation sites (tertiary alicyclic amines) is 2. The summed E-state index contributed by atoms with van der Waals surface area (Å²) in [6, 6.07) is 11.0. The van der Waals surface area contributed by atoms with Gasteiger partial charge in [-0.3, -0.25) is 14.5 Å². The lowest BCUT2D eigenvalue weighted by Gasteiger charge is -2.25. The number of hydrogen-bond acceptors (Lipinski definition) is 3. The van der Waals surface area contributed by atoms with E-state index in [2.05, 4.69) is 41.1 Å². The molecule has 0 aromatic heterocycles. The molecule has 24 heavy (non-hydrogen) atoms. The van der Waals surface area contributed by atoms with Crippen LogP contribution in [0.3, 0.4) is 0 Å². The Morgan fingerprint density at radius 3 is 2.79 bits per heavy atom. The summed E-state index contributed by atoms with van der Waals surface area (Å²) in [6.07, 6.45) is 2.75. The molecule has 2 fully saturated rings. The van der Waals surface area contributed by atoms with Crippen LogP contribution < -0.4 is 5.32 Å². The summed E-state index contributed by atoms with van der Waals surface area (Å²) in [6.45, 7) is 7.52. The van der Waals surface area contributed by atoms with Crippen molar-refractivity contribution in [2.24, 2.45) is 5.92 Å². The summed E-state index contributed by atoms with van der Waals surface area (Å²) < 4.78 is 0. The lowest BCUT2D eigenvalue weighted by atomic mass is 10.0. The number of nitrogens with one attached hydrogen (secondary N) is 1. The Morgan fingerprint density at radius 2 is 2.04 bits per heavy atom. The molecular formula is C19H25N3O2. The Labute approximate surface area is 143 Å². The molecule has 3 rings (SSSR count). The van der Waals surface area contributed by atoms with Crippen molar-refractivity contribution in [3.05, 3.63) is 48.6 Å². The first kappa shape index (κ1) is 16.7. The number of nitrogens with zero attached hydrogens (tertiary/aromatic N) is 2. The van der Waals surface area contributed by atoms with E-state index in [1.807, 2.05) is 11.0 Å². The molecule has 0 radical (unpaired) electrons. The maximum absolute atomic E-state index is 12.3.